The largest absolute Gasteiger partial charge is 0.497 e. The lowest BCUT2D eigenvalue weighted by atomic mass is 10.1. The van der Waals surface area contributed by atoms with Crippen molar-refractivity contribution in [3.63, 3.8) is 0 Å². The summed E-state index contributed by atoms with van der Waals surface area (Å²) in [4.78, 5) is 23.1. The molecular weight excluding hydrogens is 464 g/mol. The molecule has 1 aliphatic heterocycles. The smallest absolute Gasteiger partial charge is 0.272 e. The number of amides is 1. The van der Waals surface area contributed by atoms with Crippen molar-refractivity contribution in [2.45, 2.75) is 64.0 Å². The van der Waals surface area contributed by atoms with E-state index < -0.39 is 9.84 Å². The van der Waals surface area contributed by atoms with E-state index in [0.29, 0.717) is 29.2 Å². The molecule has 1 saturated heterocycles. The van der Waals surface area contributed by atoms with Gasteiger partial charge in [0.25, 0.3) is 5.91 Å². The number of methoxy groups -OCH3 is 1. The maximum Gasteiger partial charge on any atom is 0.272 e. The molecule has 1 amide bonds. The van der Waals surface area contributed by atoms with Crippen molar-refractivity contribution in [3.05, 3.63) is 41.9 Å². The number of carbonyl (C=O) groups is 1. The number of nitrogens with one attached hydrogen (secondary N) is 1. The third-order valence-corrected chi connectivity index (χ3v) is 8.95. The predicted octanol–water partition coefficient (Wildman–Crippen LogP) is 4.23. The molecule has 3 heterocycles. The number of hydrogen-bond acceptors (Lipinski definition) is 6. The standard InChI is InChI=1S/C26H32N4O4S/c1-17-27-24-23(30(17)20-12-13-35(32,33)16-20)15-22(18-8-7-11-21(14-18)34-2)29-25(24)26(31)28-19-9-5-3-4-6-10-19/h7-8,11,14-15,19-20H,3-6,9-10,12-13,16H2,1-2H3,(H,28,31). The van der Waals surface area contributed by atoms with Crippen LogP contribution in [0.25, 0.3) is 22.3 Å². The van der Waals surface area contributed by atoms with Crippen LogP contribution in [0.15, 0.2) is 30.3 Å². The van der Waals surface area contributed by atoms with Gasteiger partial charge in [-0.25, -0.2) is 18.4 Å². The number of aryl methyl sites for hydroxylation is 1. The van der Waals surface area contributed by atoms with Crippen LogP contribution >= 0.6 is 0 Å². The van der Waals surface area contributed by atoms with Gasteiger partial charge in [-0.3, -0.25) is 4.79 Å². The van der Waals surface area contributed by atoms with Gasteiger partial charge >= 0.3 is 0 Å². The van der Waals surface area contributed by atoms with Crippen molar-refractivity contribution in [2.75, 3.05) is 18.6 Å². The van der Waals surface area contributed by atoms with Crippen molar-refractivity contribution >= 4 is 26.8 Å². The summed E-state index contributed by atoms with van der Waals surface area (Å²) in [5.41, 5.74) is 2.99. The Labute approximate surface area is 206 Å². The molecule has 0 spiro atoms. The number of rotatable bonds is 5. The second-order valence-electron chi connectivity index (χ2n) is 9.70. The number of ether oxygens (including phenoxy) is 1. The predicted molar refractivity (Wildman–Crippen MR) is 136 cm³/mol. The van der Waals surface area contributed by atoms with E-state index in [-0.39, 0.29) is 35.2 Å². The lowest BCUT2D eigenvalue weighted by molar-refractivity contribution is 0.0930. The van der Waals surface area contributed by atoms with E-state index in [1.165, 1.54) is 12.8 Å². The number of pyridine rings is 1. The Hall–Kier alpha value is -2.94. The van der Waals surface area contributed by atoms with Gasteiger partial charge in [-0.05, 0) is 44.4 Å². The minimum Gasteiger partial charge on any atom is -0.497 e. The van der Waals surface area contributed by atoms with Crippen molar-refractivity contribution in [1.82, 2.24) is 19.9 Å². The molecule has 1 atom stereocenters. The Kier molecular flexibility index (Phi) is 6.53. The summed E-state index contributed by atoms with van der Waals surface area (Å²) in [5.74, 6) is 1.41. The maximum absolute atomic E-state index is 13.5. The van der Waals surface area contributed by atoms with Crippen LogP contribution in [0.1, 0.15) is 67.3 Å². The molecule has 1 aliphatic carbocycles. The lowest BCUT2D eigenvalue weighted by Crippen LogP contribution is -2.35. The second kappa shape index (κ2) is 9.60. The van der Waals surface area contributed by atoms with Crippen LogP contribution in [0.3, 0.4) is 0 Å². The molecule has 1 N–H and O–H groups in total. The summed E-state index contributed by atoms with van der Waals surface area (Å²) in [6, 6.07) is 9.40. The molecule has 5 rings (SSSR count). The van der Waals surface area contributed by atoms with Crippen molar-refractivity contribution in [3.8, 4) is 17.0 Å². The Morgan fingerprint density at radius 1 is 1.09 bits per heavy atom. The molecule has 8 nitrogen and oxygen atoms in total. The Balaban J connectivity index is 1.63. The Morgan fingerprint density at radius 3 is 2.54 bits per heavy atom. The highest BCUT2D eigenvalue weighted by Gasteiger charge is 2.32. The fourth-order valence-electron chi connectivity index (χ4n) is 5.41. The number of carbonyl (C=O) groups excluding carboxylic acids is 1. The summed E-state index contributed by atoms with van der Waals surface area (Å²) in [5, 5.41) is 3.21. The van der Waals surface area contributed by atoms with Gasteiger partial charge in [-0.15, -0.1) is 0 Å². The monoisotopic (exact) mass is 496 g/mol. The number of benzene rings is 1. The third kappa shape index (κ3) is 4.91. The fraction of sp³-hybridized carbons (Fsp3) is 0.500. The summed E-state index contributed by atoms with van der Waals surface area (Å²) in [6.07, 6.45) is 7.11. The van der Waals surface area contributed by atoms with Gasteiger partial charge in [0.2, 0.25) is 0 Å². The molecule has 0 bridgehead atoms. The van der Waals surface area contributed by atoms with Gasteiger partial charge in [0.15, 0.2) is 15.5 Å². The highest BCUT2D eigenvalue weighted by atomic mass is 32.2. The molecule has 35 heavy (non-hydrogen) atoms. The van der Waals surface area contributed by atoms with Gasteiger partial charge in [0.05, 0.1) is 35.9 Å². The summed E-state index contributed by atoms with van der Waals surface area (Å²) < 4.78 is 31.9. The zero-order chi connectivity index (χ0) is 24.6. The van der Waals surface area contributed by atoms with Gasteiger partial charge < -0.3 is 14.6 Å². The maximum atomic E-state index is 13.5. The number of sulfone groups is 1. The highest BCUT2D eigenvalue weighted by Crippen LogP contribution is 2.33. The molecule has 3 aromatic rings. The topological polar surface area (TPSA) is 103 Å². The van der Waals surface area contributed by atoms with Crippen molar-refractivity contribution in [1.29, 1.82) is 0 Å². The van der Waals surface area contributed by atoms with Crippen LogP contribution in [0, 0.1) is 6.92 Å². The Bertz CT molecular complexity index is 1360. The van der Waals surface area contributed by atoms with E-state index in [1.54, 1.807) is 7.11 Å². The molecule has 1 aromatic carbocycles. The fourth-order valence-corrected chi connectivity index (χ4v) is 7.11. The van der Waals surface area contributed by atoms with Gasteiger partial charge in [0.1, 0.15) is 17.1 Å². The SMILES string of the molecule is COc1cccc(-c2cc3c(nc(C)n3C3CCS(=O)(=O)C3)c(C(=O)NC3CCCCCC3)n2)c1. The first-order chi connectivity index (χ1) is 16.8. The average Bonchev–Trinajstić information content (AvgIpc) is 3.24. The van der Waals surface area contributed by atoms with E-state index in [0.717, 1.165) is 36.8 Å². The van der Waals surface area contributed by atoms with Gasteiger partial charge in [-0.2, -0.15) is 0 Å². The number of aromatic nitrogens is 3. The number of imidazole rings is 1. The minimum absolute atomic E-state index is 0.0831. The molecule has 2 fully saturated rings. The third-order valence-electron chi connectivity index (χ3n) is 7.20. The summed E-state index contributed by atoms with van der Waals surface area (Å²) >= 11 is 0. The average molecular weight is 497 g/mol. The zero-order valence-electron chi connectivity index (χ0n) is 20.3. The Morgan fingerprint density at radius 2 is 1.86 bits per heavy atom. The molecule has 1 unspecified atom stereocenters. The van der Waals surface area contributed by atoms with Gasteiger partial charge in [0, 0.05) is 11.6 Å². The lowest BCUT2D eigenvalue weighted by Gasteiger charge is -2.17. The molecule has 2 aliphatic rings. The van der Waals surface area contributed by atoms with E-state index in [1.807, 2.05) is 41.8 Å². The normalized spacial score (nSPS) is 20.6. The van der Waals surface area contributed by atoms with Crippen LogP contribution in [0.5, 0.6) is 5.75 Å². The molecule has 186 valence electrons. The number of hydrogen-bond donors (Lipinski definition) is 1. The second-order valence-corrected chi connectivity index (χ2v) is 11.9. The van der Waals surface area contributed by atoms with Crippen LogP contribution in [-0.4, -0.2) is 53.5 Å². The first-order valence-electron chi connectivity index (χ1n) is 12.4. The van der Waals surface area contributed by atoms with E-state index >= 15 is 0 Å². The quantitative estimate of drug-likeness (QED) is 0.531. The molecule has 9 heteroatoms. The van der Waals surface area contributed by atoms with Crippen LogP contribution in [0.4, 0.5) is 0 Å². The van der Waals surface area contributed by atoms with Crippen LogP contribution in [-0.2, 0) is 9.84 Å². The summed E-state index contributed by atoms with van der Waals surface area (Å²) in [7, 11) is -1.48. The molecular formula is C26H32N4O4S. The van der Waals surface area contributed by atoms with E-state index in [9.17, 15) is 13.2 Å². The number of nitrogens with zero attached hydrogens (tertiary/aromatic N) is 3. The van der Waals surface area contributed by atoms with Crippen LogP contribution < -0.4 is 10.1 Å². The zero-order valence-corrected chi connectivity index (χ0v) is 21.1. The highest BCUT2D eigenvalue weighted by molar-refractivity contribution is 7.91. The van der Waals surface area contributed by atoms with Crippen LogP contribution in [0.2, 0.25) is 0 Å². The first kappa shape index (κ1) is 23.8. The van der Waals surface area contributed by atoms with Crippen molar-refractivity contribution in [2.24, 2.45) is 0 Å². The van der Waals surface area contributed by atoms with Crippen molar-refractivity contribution < 1.29 is 17.9 Å². The first-order valence-corrected chi connectivity index (χ1v) is 14.2. The summed E-state index contributed by atoms with van der Waals surface area (Å²) in [6.45, 7) is 1.86. The molecule has 1 saturated carbocycles. The molecule has 2 aromatic heterocycles. The number of fused-ring (bicyclic) bond motifs is 1. The van der Waals surface area contributed by atoms with Gasteiger partial charge in [-0.1, -0.05) is 37.8 Å². The minimum atomic E-state index is -3.09. The molecule has 0 radical (unpaired) electrons. The van der Waals surface area contributed by atoms with E-state index in [4.69, 9.17) is 14.7 Å². The van der Waals surface area contributed by atoms with E-state index in [2.05, 4.69) is 5.32 Å².